The fraction of sp³-hybridized carbons (Fsp3) is 0.706. The van der Waals surface area contributed by atoms with E-state index in [1.54, 1.807) is 6.08 Å². The van der Waals surface area contributed by atoms with Crippen LogP contribution in [0.2, 0.25) is 0 Å². The molecule has 10 heteroatoms. The SMILES string of the molecule is NCCC1NCC(C(=O)NC2SCC=C2C(=O)NC(=O)OC2CCC2)CN1. The number of carbonyl (C=O) groups is 3. The van der Waals surface area contributed by atoms with Gasteiger partial charge in [0.1, 0.15) is 11.5 Å². The highest BCUT2D eigenvalue weighted by Crippen LogP contribution is 2.26. The van der Waals surface area contributed by atoms with Gasteiger partial charge in [-0.3, -0.25) is 14.9 Å². The molecule has 3 amide bonds. The number of hydrogen-bond acceptors (Lipinski definition) is 8. The summed E-state index contributed by atoms with van der Waals surface area (Å²) in [5.41, 5.74) is 5.93. The van der Waals surface area contributed by atoms with Crippen molar-refractivity contribution < 1.29 is 19.1 Å². The van der Waals surface area contributed by atoms with Gasteiger partial charge in [-0.25, -0.2) is 4.79 Å². The van der Waals surface area contributed by atoms with E-state index in [-0.39, 0.29) is 24.1 Å². The molecule has 9 nitrogen and oxygen atoms in total. The molecule has 3 aliphatic rings. The second-order valence-corrected chi connectivity index (χ2v) is 8.08. The number of carbonyl (C=O) groups excluding carboxylic acids is 3. The number of thioether (sulfide) groups is 1. The lowest BCUT2D eigenvalue weighted by atomic mass is 9.96. The van der Waals surface area contributed by atoms with Gasteiger partial charge in [0.25, 0.3) is 5.91 Å². The quantitative estimate of drug-likeness (QED) is 0.401. The number of rotatable bonds is 6. The summed E-state index contributed by atoms with van der Waals surface area (Å²) in [5.74, 6) is -0.271. The second kappa shape index (κ2) is 9.54. The van der Waals surface area contributed by atoms with Gasteiger partial charge in [-0.2, -0.15) is 0 Å². The number of amides is 3. The van der Waals surface area contributed by atoms with Crippen molar-refractivity contribution in [1.29, 1.82) is 0 Å². The minimum atomic E-state index is -0.723. The molecule has 2 fully saturated rings. The third-order valence-corrected chi connectivity index (χ3v) is 6.04. The normalized spacial score (nSPS) is 28.0. The predicted octanol–water partition coefficient (Wildman–Crippen LogP) is -0.609. The summed E-state index contributed by atoms with van der Waals surface area (Å²) >= 11 is 1.44. The van der Waals surface area contributed by atoms with Gasteiger partial charge in [0.15, 0.2) is 0 Å². The van der Waals surface area contributed by atoms with Crippen LogP contribution in [0.25, 0.3) is 0 Å². The maximum atomic E-state index is 12.5. The minimum absolute atomic E-state index is 0.0883. The van der Waals surface area contributed by atoms with Gasteiger partial charge >= 0.3 is 6.09 Å². The van der Waals surface area contributed by atoms with E-state index in [0.717, 1.165) is 25.7 Å². The number of imide groups is 1. The molecule has 2 heterocycles. The van der Waals surface area contributed by atoms with Crippen molar-refractivity contribution in [2.75, 3.05) is 25.4 Å². The lowest BCUT2D eigenvalue weighted by molar-refractivity contribution is -0.125. The number of nitrogens with one attached hydrogen (secondary N) is 4. The first-order valence-corrected chi connectivity index (χ1v) is 10.4. The molecule has 3 rings (SSSR count). The molecule has 27 heavy (non-hydrogen) atoms. The summed E-state index contributed by atoms with van der Waals surface area (Å²) in [6.07, 6.45) is 4.58. The zero-order valence-electron chi connectivity index (χ0n) is 15.2. The van der Waals surface area contributed by atoms with Gasteiger partial charge in [-0.15, -0.1) is 11.8 Å². The van der Waals surface area contributed by atoms with Crippen LogP contribution in [-0.4, -0.2) is 60.9 Å². The first kappa shape index (κ1) is 20.1. The Kier molecular flexibility index (Phi) is 7.11. The highest BCUT2D eigenvalue weighted by Gasteiger charge is 2.32. The van der Waals surface area contributed by atoms with Crippen LogP contribution in [0.1, 0.15) is 25.7 Å². The van der Waals surface area contributed by atoms with E-state index < -0.39 is 17.4 Å². The maximum Gasteiger partial charge on any atom is 0.414 e. The third kappa shape index (κ3) is 5.44. The van der Waals surface area contributed by atoms with E-state index in [2.05, 4.69) is 21.3 Å². The molecule has 0 aromatic heterocycles. The lowest BCUT2D eigenvalue weighted by Crippen LogP contribution is -2.57. The molecule has 0 aromatic rings. The Balaban J connectivity index is 1.45. The average molecular weight is 398 g/mol. The van der Waals surface area contributed by atoms with Crippen LogP contribution in [0.15, 0.2) is 11.6 Å². The van der Waals surface area contributed by atoms with Crippen LogP contribution < -0.4 is 27.0 Å². The minimum Gasteiger partial charge on any atom is -0.446 e. The zero-order valence-corrected chi connectivity index (χ0v) is 16.0. The van der Waals surface area contributed by atoms with Gasteiger partial charge in [0.05, 0.1) is 12.1 Å². The van der Waals surface area contributed by atoms with Gasteiger partial charge in [-0.1, -0.05) is 6.08 Å². The van der Waals surface area contributed by atoms with E-state index in [4.69, 9.17) is 10.5 Å². The fourth-order valence-electron chi connectivity index (χ4n) is 3.11. The largest absolute Gasteiger partial charge is 0.446 e. The third-order valence-electron chi connectivity index (χ3n) is 4.97. The smallest absolute Gasteiger partial charge is 0.414 e. The fourth-order valence-corrected chi connectivity index (χ4v) is 4.16. The van der Waals surface area contributed by atoms with Crippen molar-refractivity contribution >= 4 is 29.7 Å². The first-order chi connectivity index (χ1) is 13.1. The van der Waals surface area contributed by atoms with Crippen molar-refractivity contribution in [3.8, 4) is 0 Å². The monoisotopic (exact) mass is 397 g/mol. The zero-order chi connectivity index (χ0) is 19.2. The topological polar surface area (TPSA) is 135 Å². The molecule has 1 saturated carbocycles. The van der Waals surface area contributed by atoms with Crippen molar-refractivity contribution in [3.05, 3.63) is 11.6 Å². The van der Waals surface area contributed by atoms with Crippen molar-refractivity contribution in [2.24, 2.45) is 11.7 Å². The molecule has 1 saturated heterocycles. The number of nitrogens with two attached hydrogens (primary N) is 1. The Morgan fingerprint density at radius 2 is 2.00 bits per heavy atom. The first-order valence-electron chi connectivity index (χ1n) is 9.37. The van der Waals surface area contributed by atoms with Crippen molar-refractivity contribution in [2.45, 2.75) is 43.3 Å². The molecular weight excluding hydrogens is 370 g/mol. The summed E-state index contributed by atoms with van der Waals surface area (Å²) in [5, 5.41) is 11.2. The van der Waals surface area contributed by atoms with E-state index in [1.807, 2.05) is 0 Å². The molecule has 0 bridgehead atoms. The van der Waals surface area contributed by atoms with Crippen LogP contribution in [0.5, 0.6) is 0 Å². The highest BCUT2D eigenvalue weighted by atomic mass is 32.2. The van der Waals surface area contributed by atoms with E-state index in [9.17, 15) is 14.4 Å². The lowest BCUT2D eigenvalue weighted by Gasteiger charge is -2.31. The summed E-state index contributed by atoms with van der Waals surface area (Å²) in [7, 11) is 0. The summed E-state index contributed by atoms with van der Waals surface area (Å²) in [4.78, 5) is 36.6. The Morgan fingerprint density at radius 3 is 2.63 bits per heavy atom. The van der Waals surface area contributed by atoms with Crippen LogP contribution in [0.4, 0.5) is 4.79 Å². The van der Waals surface area contributed by atoms with Gasteiger partial charge in [0, 0.05) is 24.4 Å². The average Bonchev–Trinajstić information content (AvgIpc) is 3.07. The molecule has 6 N–H and O–H groups in total. The summed E-state index contributed by atoms with van der Waals surface area (Å²) in [6.45, 7) is 1.69. The van der Waals surface area contributed by atoms with E-state index in [0.29, 0.717) is 31.0 Å². The number of ether oxygens (including phenoxy) is 1. The molecule has 0 radical (unpaired) electrons. The van der Waals surface area contributed by atoms with Gasteiger partial charge < -0.3 is 26.4 Å². The Hall–Kier alpha value is -1.62. The van der Waals surface area contributed by atoms with Gasteiger partial charge in [0.2, 0.25) is 5.91 Å². The van der Waals surface area contributed by atoms with Crippen LogP contribution in [0, 0.1) is 5.92 Å². The van der Waals surface area contributed by atoms with Crippen molar-refractivity contribution in [1.82, 2.24) is 21.3 Å². The standard InChI is InChI=1S/C17H27N5O4S/c18-6-4-13-19-8-10(9-20-13)14(23)21-16-12(5-7-27-16)15(24)22-17(25)26-11-2-1-3-11/h5,10-11,13,16,19-20H,1-4,6-9,18H2,(H,21,23)(H,22,24,25). The highest BCUT2D eigenvalue weighted by molar-refractivity contribution is 8.00. The Labute approximate surface area is 162 Å². The van der Waals surface area contributed by atoms with E-state index >= 15 is 0 Å². The molecule has 0 aromatic carbocycles. The summed E-state index contributed by atoms with van der Waals surface area (Å²) < 4.78 is 5.14. The van der Waals surface area contributed by atoms with Crippen LogP contribution in [-0.2, 0) is 14.3 Å². The maximum absolute atomic E-state index is 12.5. The Bertz CT molecular complexity index is 602. The van der Waals surface area contributed by atoms with Crippen molar-refractivity contribution in [3.63, 3.8) is 0 Å². The van der Waals surface area contributed by atoms with Gasteiger partial charge in [-0.05, 0) is 32.2 Å². The Morgan fingerprint density at radius 1 is 1.26 bits per heavy atom. The molecule has 1 atom stereocenters. The van der Waals surface area contributed by atoms with E-state index in [1.165, 1.54) is 11.8 Å². The molecular formula is C17H27N5O4S. The molecule has 150 valence electrons. The number of hydrogen-bond donors (Lipinski definition) is 5. The second-order valence-electron chi connectivity index (χ2n) is 6.94. The number of alkyl carbamates (subject to hydrolysis) is 1. The molecule has 1 aliphatic carbocycles. The molecule has 1 unspecified atom stereocenters. The molecule has 0 spiro atoms. The van der Waals surface area contributed by atoms with Crippen LogP contribution >= 0.6 is 11.8 Å². The summed E-state index contributed by atoms with van der Waals surface area (Å²) in [6, 6.07) is 0. The van der Waals surface area contributed by atoms with Crippen LogP contribution in [0.3, 0.4) is 0 Å². The predicted molar refractivity (Wildman–Crippen MR) is 102 cm³/mol. The molecule has 2 aliphatic heterocycles.